The summed E-state index contributed by atoms with van der Waals surface area (Å²) in [7, 11) is 0. The van der Waals surface area contributed by atoms with Gasteiger partial charge in [-0.15, -0.1) is 0 Å². The molecule has 3 rings (SSSR count). The van der Waals surface area contributed by atoms with Gasteiger partial charge < -0.3 is 19.9 Å². The molecule has 37 heavy (non-hydrogen) atoms. The molecule has 1 fully saturated rings. The number of aromatic hydroxyl groups is 1. The van der Waals surface area contributed by atoms with E-state index in [9.17, 15) is 27.9 Å². The zero-order chi connectivity index (χ0) is 27.7. The third-order valence-electron chi connectivity index (χ3n) is 5.82. The van der Waals surface area contributed by atoms with Crippen molar-refractivity contribution in [2.75, 3.05) is 6.61 Å². The van der Waals surface area contributed by atoms with E-state index in [-0.39, 0.29) is 34.8 Å². The molecule has 6 nitrogen and oxygen atoms in total. The summed E-state index contributed by atoms with van der Waals surface area (Å²) in [4.78, 5) is 24.9. The van der Waals surface area contributed by atoms with E-state index >= 15 is 4.39 Å². The number of phenolic OH excluding ortho intramolecular Hbond substituents is 1. The summed E-state index contributed by atoms with van der Waals surface area (Å²) >= 11 is 0. The minimum Gasteiger partial charge on any atom is -0.507 e. The summed E-state index contributed by atoms with van der Waals surface area (Å²) in [6.45, 7) is 8.04. The Bertz CT molecular complexity index is 1160. The first kappa shape index (κ1) is 28.3. The molecule has 0 spiro atoms. The van der Waals surface area contributed by atoms with Crippen LogP contribution < -0.4 is 5.32 Å². The summed E-state index contributed by atoms with van der Waals surface area (Å²) in [6.07, 6.45) is -4.53. The molecule has 1 aliphatic rings. The van der Waals surface area contributed by atoms with Crippen molar-refractivity contribution in [3.63, 3.8) is 0 Å². The average molecular weight is 526 g/mol. The van der Waals surface area contributed by atoms with Gasteiger partial charge in [-0.25, -0.2) is 9.18 Å². The van der Waals surface area contributed by atoms with Gasteiger partial charge >= 0.3 is 18.2 Å². The van der Waals surface area contributed by atoms with Crippen LogP contribution in [-0.2, 0) is 20.4 Å². The van der Waals surface area contributed by atoms with Crippen LogP contribution in [-0.4, -0.2) is 29.4 Å². The fourth-order valence-electron chi connectivity index (χ4n) is 4.14. The molecule has 2 aromatic rings. The Labute approximate surface area is 213 Å². The van der Waals surface area contributed by atoms with E-state index in [4.69, 9.17) is 9.47 Å². The summed E-state index contributed by atoms with van der Waals surface area (Å²) in [5.74, 6) is -2.07. The van der Waals surface area contributed by atoms with Crippen LogP contribution in [0, 0.1) is 12.7 Å². The van der Waals surface area contributed by atoms with Crippen molar-refractivity contribution in [1.82, 2.24) is 5.32 Å². The zero-order valence-electron chi connectivity index (χ0n) is 21.4. The molecule has 0 aromatic heterocycles. The Kier molecular flexibility index (Phi) is 8.09. The number of ether oxygens (including phenoxy) is 2. The van der Waals surface area contributed by atoms with Gasteiger partial charge in [0.15, 0.2) is 0 Å². The van der Waals surface area contributed by atoms with E-state index < -0.39 is 53.4 Å². The highest BCUT2D eigenvalue weighted by Crippen LogP contribution is 2.46. The second-order valence-electron chi connectivity index (χ2n) is 10.1. The highest BCUT2D eigenvalue weighted by Gasteiger charge is 2.34. The number of esters is 1. The summed E-state index contributed by atoms with van der Waals surface area (Å²) in [5, 5.41) is 13.1. The standard InChI is InChI=1S/C27H31F4NO5/c1-6-36-22(34)13-20(32-25(35)37-26(3,4)5)19-11-16(10-18(24(19)28)15-7-8-15)23-14(2)9-17(12-21(23)33)27(29,30)31/h9-12,15,20,33H,6-8,13H2,1-5H3,(H,32,35)/t20-/m0/s1. The van der Waals surface area contributed by atoms with Crippen LogP contribution in [0.1, 0.15) is 81.2 Å². The fraction of sp³-hybridized carbons (Fsp3) is 0.481. The number of rotatable bonds is 7. The van der Waals surface area contributed by atoms with Crippen molar-refractivity contribution in [3.8, 4) is 16.9 Å². The van der Waals surface area contributed by atoms with Crippen molar-refractivity contribution >= 4 is 12.1 Å². The SMILES string of the molecule is CCOC(=O)C[C@H](NC(=O)OC(C)(C)C)c1cc(-c2c(C)cc(C(F)(F)F)cc2O)cc(C2CC2)c1F. The van der Waals surface area contributed by atoms with Crippen molar-refractivity contribution in [2.24, 2.45) is 0 Å². The topological polar surface area (TPSA) is 84.9 Å². The number of phenols is 1. The molecule has 0 bridgehead atoms. The van der Waals surface area contributed by atoms with Crippen LogP contribution in [0.4, 0.5) is 22.4 Å². The van der Waals surface area contributed by atoms with Gasteiger partial charge in [0.2, 0.25) is 0 Å². The van der Waals surface area contributed by atoms with Crippen LogP contribution in [0.5, 0.6) is 5.75 Å². The van der Waals surface area contributed by atoms with E-state index in [2.05, 4.69) is 5.32 Å². The Morgan fingerprint density at radius 1 is 1.14 bits per heavy atom. The van der Waals surface area contributed by atoms with E-state index in [0.717, 1.165) is 6.07 Å². The van der Waals surface area contributed by atoms with Gasteiger partial charge in [-0.2, -0.15) is 13.2 Å². The van der Waals surface area contributed by atoms with Gasteiger partial charge in [-0.3, -0.25) is 4.79 Å². The first-order chi connectivity index (χ1) is 17.1. The predicted molar refractivity (Wildman–Crippen MR) is 129 cm³/mol. The molecule has 0 heterocycles. The summed E-state index contributed by atoms with van der Waals surface area (Å²) in [5.41, 5.74) is -1.13. The molecule has 1 amide bonds. The molecule has 0 saturated heterocycles. The molecule has 1 atom stereocenters. The largest absolute Gasteiger partial charge is 0.507 e. The van der Waals surface area contributed by atoms with Gasteiger partial charge in [0.1, 0.15) is 17.2 Å². The second-order valence-corrected chi connectivity index (χ2v) is 10.1. The smallest absolute Gasteiger partial charge is 0.416 e. The maximum atomic E-state index is 15.8. The molecule has 1 aliphatic carbocycles. The lowest BCUT2D eigenvalue weighted by Crippen LogP contribution is -2.36. The number of alkyl halides is 3. The van der Waals surface area contributed by atoms with Gasteiger partial charge in [0.05, 0.1) is 24.6 Å². The summed E-state index contributed by atoms with van der Waals surface area (Å²) < 4.78 is 65.8. The van der Waals surface area contributed by atoms with Crippen LogP contribution in [0.15, 0.2) is 24.3 Å². The Hall–Kier alpha value is -3.30. The third-order valence-corrected chi connectivity index (χ3v) is 5.82. The molecular weight excluding hydrogens is 494 g/mol. The minimum absolute atomic E-state index is 0.0583. The minimum atomic E-state index is -4.66. The number of aryl methyl sites for hydroxylation is 1. The number of alkyl carbamates (subject to hydrolysis) is 1. The predicted octanol–water partition coefficient (Wildman–Crippen LogP) is 6.92. The maximum absolute atomic E-state index is 15.8. The third kappa shape index (κ3) is 7.14. The molecule has 202 valence electrons. The lowest BCUT2D eigenvalue weighted by atomic mass is 9.90. The molecule has 2 N–H and O–H groups in total. The van der Waals surface area contributed by atoms with E-state index in [1.165, 1.54) is 19.1 Å². The molecule has 0 radical (unpaired) electrons. The summed E-state index contributed by atoms with van der Waals surface area (Å²) in [6, 6.07) is 3.17. The van der Waals surface area contributed by atoms with Gasteiger partial charge in [0.25, 0.3) is 0 Å². The van der Waals surface area contributed by atoms with Crippen molar-refractivity contribution in [2.45, 2.75) is 77.6 Å². The molecule has 0 aliphatic heterocycles. The highest BCUT2D eigenvalue weighted by molar-refractivity contribution is 5.77. The fourth-order valence-corrected chi connectivity index (χ4v) is 4.14. The number of carbonyl (C=O) groups is 2. The quantitative estimate of drug-likeness (QED) is 0.303. The van der Waals surface area contributed by atoms with E-state index in [1.54, 1.807) is 27.7 Å². The molecular formula is C27H31F4NO5. The second kappa shape index (κ2) is 10.6. The Morgan fingerprint density at radius 2 is 1.78 bits per heavy atom. The number of benzene rings is 2. The highest BCUT2D eigenvalue weighted by atomic mass is 19.4. The van der Waals surface area contributed by atoms with Crippen LogP contribution >= 0.6 is 0 Å². The lowest BCUT2D eigenvalue weighted by molar-refractivity contribution is -0.143. The number of hydrogen-bond donors (Lipinski definition) is 2. The normalized spacial score (nSPS) is 14.7. The van der Waals surface area contributed by atoms with Crippen LogP contribution in [0.3, 0.4) is 0 Å². The number of carbonyl (C=O) groups excluding carboxylic acids is 2. The Balaban J connectivity index is 2.15. The first-order valence-electron chi connectivity index (χ1n) is 12.0. The van der Waals surface area contributed by atoms with Gasteiger partial charge in [-0.05, 0) is 94.3 Å². The van der Waals surface area contributed by atoms with Gasteiger partial charge in [-0.1, -0.05) is 0 Å². The number of nitrogens with one attached hydrogen (secondary N) is 1. The molecule has 1 saturated carbocycles. The van der Waals surface area contributed by atoms with Crippen molar-refractivity contribution in [3.05, 3.63) is 52.3 Å². The first-order valence-corrected chi connectivity index (χ1v) is 12.0. The molecule has 0 unspecified atom stereocenters. The lowest BCUT2D eigenvalue weighted by Gasteiger charge is -2.25. The average Bonchev–Trinajstić information content (AvgIpc) is 3.57. The number of amides is 1. The molecule has 2 aromatic carbocycles. The molecule has 10 heteroatoms. The number of hydrogen-bond acceptors (Lipinski definition) is 5. The van der Waals surface area contributed by atoms with E-state index in [0.29, 0.717) is 24.5 Å². The van der Waals surface area contributed by atoms with E-state index in [1.807, 2.05) is 0 Å². The zero-order valence-corrected chi connectivity index (χ0v) is 21.4. The van der Waals surface area contributed by atoms with Crippen molar-refractivity contribution < 1.29 is 41.7 Å². The van der Waals surface area contributed by atoms with Gasteiger partial charge in [0, 0.05) is 11.1 Å². The monoisotopic (exact) mass is 525 g/mol. The Morgan fingerprint density at radius 3 is 2.30 bits per heavy atom. The van der Waals surface area contributed by atoms with Crippen LogP contribution in [0.25, 0.3) is 11.1 Å². The van der Waals surface area contributed by atoms with Crippen molar-refractivity contribution in [1.29, 1.82) is 0 Å². The number of halogens is 4. The van der Waals surface area contributed by atoms with Crippen LogP contribution in [0.2, 0.25) is 0 Å². The maximum Gasteiger partial charge on any atom is 0.416 e.